The monoisotopic (exact) mass is 366 g/mol. The van der Waals surface area contributed by atoms with Gasteiger partial charge in [-0.15, -0.1) is 0 Å². The minimum atomic E-state index is -1.60. The lowest BCUT2D eigenvalue weighted by Gasteiger charge is -2.16. The summed E-state index contributed by atoms with van der Waals surface area (Å²) in [6, 6.07) is 4.31. The van der Waals surface area contributed by atoms with Crippen molar-refractivity contribution in [2.75, 3.05) is 12.3 Å². The summed E-state index contributed by atoms with van der Waals surface area (Å²) < 4.78 is 5.55. The predicted octanol–water partition coefficient (Wildman–Crippen LogP) is 2.46. The summed E-state index contributed by atoms with van der Waals surface area (Å²) in [5, 5.41) is 19.1. The summed E-state index contributed by atoms with van der Waals surface area (Å²) in [7, 11) is 0. The van der Waals surface area contributed by atoms with E-state index in [2.05, 4.69) is 0 Å². The number of hydrogen-bond donors (Lipinski definition) is 4. The molecule has 9 heteroatoms. The maximum Gasteiger partial charge on any atom is 0.342 e. The van der Waals surface area contributed by atoms with Crippen LogP contribution in [0.5, 0.6) is 5.75 Å². The van der Waals surface area contributed by atoms with Crippen LogP contribution in [-0.4, -0.2) is 33.7 Å². The van der Waals surface area contributed by atoms with Gasteiger partial charge in [-0.3, -0.25) is 4.79 Å². The number of nitrogen functional groups attached to an aromatic ring is 1. The molecule has 0 bridgehead atoms. The summed E-state index contributed by atoms with van der Waals surface area (Å²) >= 11 is 5.98. The number of pyridine rings is 1. The van der Waals surface area contributed by atoms with Gasteiger partial charge in [-0.05, 0) is 24.6 Å². The Morgan fingerprint density at radius 3 is 2.44 bits per heavy atom. The first-order chi connectivity index (χ1) is 11.8. The van der Waals surface area contributed by atoms with E-state index in [1.165, 1.54) is 18.2 Å². The van der Waals surface area contributed by atoms with E-state index < -0.39 is 34.4 Å². The number of nitrogens with one attached hydrogen (secondary N) is 1. The van der Waals surface area contributed by atoms with Gasteiger partial charge in [0.05, 0.1) is 6.61 Å². The SMILES string of the molecule is CCCOc1ccc(Cl)cc1-c1c(C(=O)O)c(N)[nH]c(=O)c1C(=O)O. The standard InChI is InChI=1S/C16H15ClN2O6/c1-2-5-25-9-4-3-7(17)6-8(9)10-11(15(21)22)13(18)19-14(20)12(10)16(23)24/h3-4,6H,2,5H2,1H3,(H,21,22)(H,23,24)(H3,18,19,20). The lowest BCUT2D eigenvalue weighted by Crippen LogP contribution is -2.24. The van der Waals surface area contributed by atoms with Crippen molar-refractivity contribution in [1.29, 1.82) is 0 Å². The number of aromatic amines is 1. The van der Waals surface area contributed by atoms with Crippen molar-refractivity contribution in [2.24, 2.45) is 0 Å². The number of anilines is 1. The topological polar surface area (TPSA) is 143 Å². The van der Waals surface area contributed by atoms with Crippen LogP contribution in [0.25, 0.3) is 11.1 Å². The number of carbonyl (C=O) groups is 2. The van der Waals surface area contributed by atoms with Crippen molar-refractivity contribution < 1.29 is 24.5 Å². The molecule has 0 spiro atoms. The highest BCUT2D eigenvalue weighted by atomic mass is 35.5. The van der Waals surface area contributed by atoms with Gasteiger partial charge in [-0.2, -0.15) is 0 Å². The number of halogens is 1. The fourth-order valence-corrected chi connectivity index (χ4v) is 2.52. The van der Waals surface area contributed by atoms with Crippen molar-refractivity contribution in [3.05, 3.63) is 44.7 Å². The average Bonchev–Trinajstić information content (AvgIpc) is 2.51. The second-order valence-electron chi connectivity index (χ2n) is 5.09. The number of rotatable bonds is 6. The number of benzene rings is 1. The van der Waals surface area contributed by atoms with Gasteiger partial charge in [0.1, 0.15) is 22.7 Å². The van der Waals surface area contributed by atoms with Crippen molar-refractivity contribution in [3.8, 4) is 16.9 Å². The number of aromatic carboxylic acids is 2. The fourth-order valence-electron chi connectivity index (χ4n) is 2.35. The van der Waals surface area contributed by atoms with Gasteiger partial charge in [0, 0.05) is 16.1 Å². The lowest BCUT2D eigenvalue weighted by molar-refractivity contribution is 0.0695. The summed E-state index contributed by atoms with van der Waals surface area (Å²) in [5.74, 6) is -3.35. The quantitative estimate of drug-likeness (QED) is 0.614. The molecule has 1 heterocycles. The third-order valence-corrected chi connectivity index (χ3v) is 3.58. The molecule has 1 aromatic heterocycles. The molecule has 25 heavy (non-hydrogen) atoms. The molecule has 2 aromatic rings. The molecule has 0 aliphatic heterocycles. The Hall–Kier alpha value is -3.00. The third kappa shape index (κ3) is 3.58. The van der Waals surface area contributed by atoms with Crippen LogP contribution in [-0.2, 0) is 0 Å². The van der Waals surface area contributed by atoms with E-state index in [0.717, 1.165) is 0 Å². The lowest BCUT2D eigenvalue weighted by atomic mass is 9.94. The second kappa shape index (κ2) is 7.27. The number of ether oxygens (including phenoxy) is 1. The molecule has 0 fully saturated rings. The van der Waals surface area contributed by atoms with Gasteiger partial charge in [-0.1, -0.05) is 18.5 Å². The predicted molar refractivity (Wildman–Crippen MR) is 91.6 cm³/mol. The van der Waals surface area contributed by atoms with Gasteiger partial charge in [0.2, 0.25) is 0 Å². The number of nitrogens with two attached hydrogens (primary N) is 1. The van der Waals surface area contributed by atoms with Gasteiger partial charge in [-0.25, -0.2) is 9.59 Å². The smallest absolute Gasteiger partial charge is 0.342 e. The Morgan fingerprint density at radius 2 is 1.88 bits per heavy atom. The molecule has 0 saturated heterocycles. The summed E-state index contributed by atoms with van der Waals surface area (Å²) in [6.07, 6.45) is 0.664. The molecule has 0 saturated carbocycles. The second-order valence-corrected chi connectivity index (χ2v) is 5.53. The zero-order valence-corrected chi connectivity index (χ0v) is 13.9. The molecule has 0 aliphatic rings. The Morgan fingerprint density at radius 1 is 1.24 bits per heavy atom. The highest BCUT2D eigenvalue weighted by Gasteiger charge is 2.28. The molecule has 132 valence electrons. The zero-order chi connectivity index (χ0) is 18.7. The first-order valence-corrected chi connectivity index (χ1v) is 7.60. The molecule has 8 nitrogen and oxygen atoms in total. The summed E-state index contributed by atoms with van der Waals surface area (Å²) in [6.45, 7) is 2.17. The number of hydrogen-bond acceptors (Lipinski definition) is 5. The first-order valence-electron chi connectivity index (χ1n) is 7.23. The van der Waals surface area contributed by atoms with Crippen molar-refractivity contribution in [2.45, 2.75) is 13.3 Å². The maximum absolute atomic E-state index is 12.1. The minimum absolute atomic E-state index is 0.0635. The van der Waals surface area contributed by atoms with Crippen molar-refractivity contribution in [1.82, 2.24) is 4.98 Å². The fraction of sp³-hybridized carbons (Fsp3) is 0.188. The van der Waals surface area contributed by atoms with Gasteiger partial charge < -0.3 is 25.7 Å². The molecule has 2 rings (SSSR count). The van der Waals surface area contributed by atoms with Crippen LogP contribution in [0.2, 0.25) is 5.02 Å². The third-order valence-electron chi connectivity index (χ3n) is 3.34. The average molecular weight is 367 g/mol. The zero-order valence-electron chi connectivity index (χ0n) is 13.1. The number of H-pyrrole nitrogens is 1. The summed E-state index contributed by atoms with van der Waals surface area (Å²) in [5.41, 5.74) is 3.01. The maximum atomic E-state index is 12.1. The Labute approximate surface area is 146 Å². The van der Waals surface area contributed by atoms with Crippen molar-refractivity contribution in [3.63, 3.8) is 0 Å². The molecule has 1 aromatic carbocycles. The molecule has 5 N–H and O–H groups in total. The van der Waals surface area contributed by atoms with Crippen LogP contribution in [0.3, 0.4) is 0 Å². The van der Waals surface area contributed by atoms with E-state index in [1.807, 2.05) is 11.9 Å². The molecule has 0 amide bonds. The van der Waals surface area contributed by atoms with Gasteiger partial charge in [0.15, 0.2) is 0 Å². The Bertz CT molecular complexity index is 906. The Kier molecular flexibility index (Phi) is 5.33. The van der Waals surface area contributed by atoms with E-state index >= 15 is 0 Å². The van der Waals surface area contributed by atoms with Crippen LogP contribution in [0.1, 0.15) is 34.1 Å². The van der Waals surface area contributed by atoms with E-state index in [1.54, 1.807) is 0 Å². The highest BCUT2D eigenvalue weighted by molar-refractivity contribution is 6.31. The van der Waals surface area contributed by atoms with E-state index in [4.69, 9.17) is 22.1 Å². The number of aromatic nitrogens is 1. The van der Waals surface area contributed by atoms with Gasteiger partial charge >= 0.3 is 11.9 Å². The van der Waals surface area contributed by atoms with Crippen LogP contribution in [0.15, 0.2) is 23.0 Å². The van der Waals surface area contributed by atoms with E-state index in [-0.39, 0.29) is 21.9 Å². The molecular weight excluding hydrogens is 352 g/mol. The van der Waals surface area contributed by atoms with Crippen LogP contribution >= 0.6 is 11.6 Å². The van der Waals surface area contributed by atoms with Crippen LogP contribution < -0.4 is 16.0 Å². The van der Waals surface area contributed by atoms with Crippen LogP contribution in [0.4, 0.5) is 5.82 Å². The largest absolute Gasteiger partial charge is 0.493 e. The number of carboxylic acid groups (broad SMARTS) is 2. The van der Waals surface area contributed by atoms with E-state index in [0.29, 0.717) is 13.0 Å². The minimum Gasteiger partial charge on any atom is -0.493 e. The first kappa shape index (κ1) is 18.3. The van der Waals surface area contributed by atoms with E-state index in [9.17, 15) is 24.6 Å². The Balaban J connectivity index is 2.95. The molecule has 0 radical (unpaired) electrons. The molecule has 0 aliphatic carbocycles. The normalized spacial score (nSPS) is 10.5. The van der Waals surface area contributed by atoms with Gasteiger partial charge in [0.25, 0.3) is 5.56 Å². The number of carboxylic acids is 2. The molecule has 0 atom stereocenters. The summed E-state index contributed by atoms with van der Waals surface area (Å²) in [4.78, 5) is 37.4. The molecular formula is C16H15ClN2O6. The highest BCUT2D eigenvalue weighted by Crippen LogP contribution is 2.37. The van der Waals surface area contributed by atoms with Crippen LogP contribution in [0, 0.1) is 0 Å². The molecule has 0 unspecified atom stereocenters. The van der Waals surface area contributed by atoms with Crippen molar-refractivity contribution >= 4 is 29.4 Å².